The molecule has 0 atom stereocenters. The summed E-state index contributed by atoms with van der Waals surface area (Å²) in [6, 6.07) is 10.2. The van der Waals surface area contributed by atoms with Gasteiger partial charge in [0.2, 0.25) is 0 Å². The van der Waals surface area contributed by atoms with Crippen molar-refractivity contribution in [2.45, 2.75) is 32.2 Å². The van der Waals surface area contributed by atoms with Gasteiger partial charge in [-0.15, -0.1) is 0 Å². The van der Waals surface area contributed by atoms with Gasteiger partial charge in [0.25, 0.3) is 5.91 Å². The number of carbonyl (C=O) groups excluding carboxylic acids is 1. The van der Waals surface area contributed by atoms with E-state index in [0.717, 1.165) is 12.8 Å². The minimum absolute atomic E-state index is 0.236. The quantitative estimate of drug-likeness (QED) is 0.882. The molecule has 1 aromatic carbocycles. The van der Waals surface area contributed by atoms with Crippen LogP contribution in [0.3, 0.4) is 0 Å². The fourth-order valence-corrected chi connectivity index (χ4v) is 1.99. The van der Waals surface area contributed by atoms with Crippen LogP contribution in [-0.2, 0) is 6.42 Å². The molecule has 0 bridgehead atoms. The minimum Gasteiger partial charge on any atom is -0.382 e. The number of nitrogens with zero attached hydrogens (tertiary/aromatic N) is 2. The largest absolute Gasteiger partial charge is 0.382 e. The molecule has 0 saturated heterocycles. The summed E-state index contributed by atoms with van der Waals surface area (Å²) < 4.78 is 0. The molecule has 0 spiro atoms. The molecular weight excluding hydrogens is 264 g/mol. The molecule has 2 rings (SSSR count). The van der Waals surface area contributed by atoms with Crippen LogP contribution >= 0.6 is 0 Å². The number of nitrogens with one attached hydrogen (secondary N) is 1. The summed E-state index contributed by atoms with van der Waals surface area (Å²) in [5.41, 5.74) is 6.67. The number of hydrogen-bond acceptors (Lipinski definition) is 4. The molecule has 3 N–H and O–H groups in total. The van der Waals surface area contributed by atoms with Gasteiger partial charge in [-0.05, 0) is 32.3 Å². The second kappa shape index (κ2) is 6.35. The molecule has 0 aliphatic carbocycles. The molecule has 5 heteroatoms. The first kappa shape index (κ1) is 15.0. The molecule has 110 valence electrons. The first-order valence-electron chi connectivity index (χ1n) is 6.90. The van der Waals surface area contributed by atoms with Gasteiger partial charge in [0.05, 0.1) is 12.4 Å². The van der Waals surface area contributed by atoms with Crippen molar-refractivity contribution in [3.63, 3.8) is 0 Å². The van der Waals surface area contributed by atoms with Crippen LogP contribution in [0.15, 0.2) is 42.7 Å². The summed E-state index contributed by atoms with van der Waals surface area (Å²) in [4.78, 5) is 20.0. The van der Waals surface area contributed by atoms with E-state index in [4.69, 9.17) is 5.73 Å². The van der Waals surface area contributed by atoms with E-state index in [2.05, 4.69) is 27.4 Å². The zero-order valence-corrected chi connectivity index (χ0v) is 12.3. The van der Waals surface area contributed by atoms with Crippen LogP contribution in [-0.4, -0.2) is 21.4 Å². The van der Waals surface area contributed by atoms with Gasteiger partial charge < -0.3 is 11.1 Å². The average molecular weight is 284 g/mol. The summed E-state index contributed by atoms with van der Waals surface area (Å²) >= 11 is 0. The number of carbonyl (C=O) groups is 1. The molecule has 1 heterocycles. The summed E-state index contributed by atoms with van der Waals surface area (Å²) in [5, 5.41) is 2.98. The molecule has 2 aromatic rings. The van der Waals surface area contributed by atoms with Gasteiger partial charge in [0.15, 0.2) is 0 Å². The maximum atomic E-state index is 12.1. The van der Waals surface area contributed by atoms with Crippen LogP contribution in [0.2, 0.25) is 0 Å². The van der Waals surface area contributed by atoms with Crippen molar-refractivity contribution in [3.05, 3.63) is 54.0 Å². The lowest BCUT2D eigenvalue weighted by Gasteiger charge is -2.26. The van der Waals surface area contributed by atoms with Crippen LogP contribution in [0.1, 0.15) is 36.3 Å². The van der Waals surface area contributed by atoms with Gasteiger partial charge in [0.1, 0.15) is 11.5 Å². The van der Waals surface area contributed by atoms with Crippen molar-refractivity contribution in [2.75, 3.05) is 5.73 Å². The standard InChI is InChI=1S/C16H20N4O/c1-16(2,9-8-12-6-4-3-5-7-12)20-15(21)13-10-19-14(17)11-18-13/h3-7,10-11H,8-9H2,1-2H3,(H2,17,19)(H,20,21). The van der Waals surface area contributed by atoms with E-state index in [0.29, 0.717) is 5.82 Å². The number of rotatable bonds is 5. The summed E-state index contributed by atoms with van der Waals surface area (Å²) in [7, 11) is 0. The van der Waals surface area contributed by atoms with E-state index in [1.54, 1.807) is 0 Å². The van der Waals surface area contributed by atoms with Gasteiger partial charge in [-0.25, -0.2) is 9.97 Å². The average Bonchev–Trinajstić information content (AvgIpc) is 2.46. The van der Waals surface area contributed by atoms with E-state index in [1.165, 1.54) is 18.0 Å². The van der Waals surface area contributed by atoms with E-state index in [-0.39, 0.29) is 17.1 Å². The van der Waals surface area contributed by atoms with Gasteiger partial charge >= 0.3 is 0 Å². The highest BCUT2D eigenvalue weighted by molar-refractivity contribution is 5.92. The number of anilines is 1. The lowest BCUT2D eigenvalue weighted by molar-refractivity contribution is 0.0904. The molecule has 21 heavy (non-hydrogen) atoms. The van der Waals surface area contributed by atoms with Gasteiger partial charge in [-0.3, -0.25) is 4.79 Å². The topological polar surface area (TPSA) is 80.9 Å². The van der Waals surface area contributed by atoms with Gasteiger partial charge in [-0.2, -0.15) is 0 Å². The van der Waals surface area contributed by atoms with Crippen LogP contribution in [0.5, 0.6) is 0 Å². The first-order chi connectivity index (χ1) is 9.96. The third kappa shape index (κ3) is 4.56. The second-order valence-corrected chi connectivity index (χ2v) is 5.65. The Hall–Kier alpha value is -2.43. The molecule has 0 aliphatic rings. The Balaban J connectivity index is 1.93. The van der Waals surface area contributed by atoms with Crippen LogP contribution in [0.25, 0.3) is 0 Å². The van der Waals surface area contributed by atoms with E-state index in [9.17, 15) is 4.79 Å². The molecule has 1 aromatic heterocycles. The predicted octanol–water partition coefficient (Wildman–Crippen LogP) is 2.20. The van der Waals surface area contributed by atoms with Gasteiger partial charge in [-0.1, -0.05) is 30.3 Å². The summed E-state index contributed by atoms with van der Waals surface area (Å²) in [5.74, 6) is 0.0652. The highest BCUT2D eigenvalue weighted by Crippen LogP contribution is 2.14. The van der Waals surface area contributed by atoms with E-state index < -0.39 is 0 Å². The maximum Gasteiger partial charge on any atom is 0.271 e. The Morgan fingerprint density at radius 1 is 1.19 bits per heavy atom. The fraction of sp³-hybridized carbons (Fsp3) is 0.312. The number of benzene rings is 1. The Kier molecular flexibility index (Phi) is 4.52. The number of aromatic nitrogens is 2. The Bertz CT molecular complexity index is 593. The Morgan fingerprint density at radius 3 is 2.52 bits per heavy atom. The second-order valence-electron chi connectivity index (χ2n) is 5.65. The fourth-order valence-electron chi connectivity index (χ4n) is 1.99. The third-order valence-corrected chi connectivity index (χ3v) is 3.24. The number of nitrogens with two attached hydrogens (primary N) is 1. The van der Waals surface area contributed by atoms with Gasteiger partial charge in [0, 0.05) is 5.54 Å². The minimum atomic E-state index is -0.323. The predicted molar refractivity (Wildman–Crippen MR) is 82.8 cm³/mol. The van der Waals surface area contributed by atoms with Crippen molar-refractivity contribution < 1.29 is 4.79 Å². The number of amides is 1. The summed E-state index contributed by atoms with van der Waals surface area (Å²) in [6.07, 6.45) is 4.51. The first-order valence-corrected chi connectivity index (χ1v) is 6.90. The van der Waals surface area contributed by atoms with Crippen LogP contribution < -0.4 is 11.1 Å². The molecule has 0 saturated carbocycles. The van der Waals surface area contributed by atoms with Crippen molar-refractivity contribution >= 4 is 11.7 Å². The zero-order valence-electron chi connectivity index (χ0n) is 12.3. The molecule has 1 amide bonds. The molecular formula is C16H20N4O. The van der Waals surface area contributed by atoms with Crippen molar-refractivity contribution in [1.29, 1.82) is 0 Å². The van der Waals surface area contributed by atoms with E-state index >= 15 is 0 Å². The number of hydrogen-bond donors (Lipinski definition) is 2. The van der Waals surface area contributed by atoms with Crippen molar-refractivity contribution in [2.24, 2.45) is 0 Å². The lowest BCUT2D eigenvalue weighted by atomic mass is 9.95. The molecule has 0 fully saturated rings. The number of aryl methyl sites for hydroxylation is 1. The highest BCUT2D eigenvalue weighted by Gasteiger charge is 2.21. The van der Waals surface area contributed by atoms with E-state index in [1.807, 2.05) is 32.0 Å². The van der Waals surface area contributed by atoms with Crippen molar-refractivity contribution in [1.82, 2.24) is 15.3 Å². The SMILES string of the molecule is CC(C)(CCc1ccccc1)NC(=O)c1cnc(N)cn1. The Labute approximate surface area is 124 Å². The van der Waals surface area contributed by atoms with Crippen LogP contribution in [0.4, 0.5) is 5.82 Å². The monoisotopic (exact) mass is 284 g/mol. The normalized spacial score (nSPS) is 11.1. The zero-order chi connectivity index (χ0) is 15.3. The molecule has 0 aliphatic heterocycles. The third-order valence-electron chi connectivity index (χ3n) is 3.24. The molecule has 5 nitrogen and oxygen atoms in total. The number of nitrogen functional groups attached to an aromatic ring is 1. The molecule has 0 unspecified atom stereocenters. The highest BCUT2D eigenvalue weighted by atomic mass is 16.2. The summed E-state index contributed by atoms with van der Waals surface area (Å²) in [6.45, 7) is 4.00. The smallest absolute Gasteiger partial charge is 0.271 e. The van der Waals surface area contributed by atoms with Crippen LogP contribution in [0, 0.1) is 0 Å². The maximum absolute atomic E-state index is 12.1. The lowest BCUT2D eigenvalue weighted by Crippen LogP contribution is -2.44. The van der Waals surface area contributed by atoms with Crippen molar-refractivity contribution in [3.8, 4) is 0 Å². The Morgan fingerprint density at radius 2 is 1.90 bits per heavy atom. The molecule has 0 radical (unpaired) electrons.